The second kappa shape index (κ2) is 9.21. The molecule has 0 amide bonds. The molecule has 1 atom stereocenters. The SMILES string of the molecule is CCNC(CCOCC(F)F)Cc1ccc(F)c(Cl)c1. The summed E-state index contributed by atoms with van der Waals surface area (Å²) in [5.41, 5.74) is 0.899. The number of nitrogens with one attached hydrogen (secondary N) is 1. The van der Waals surface area contributed by atoms with Gasteiger partial charge in [-0.25, -0.2) is 13.2 Å². The predicted molar refractivity (Wildman–Crippen MR) is 74.0 cm³/mol. The smallest absolute Gasteiger partial charge is 0.261 e. The highest BCUT2D eigenvalue weighted by Crippen LogP contribution is 2.17. The summed E-state index contributed by atoms with van der Waals surface area (Å²) in [6.45, 7) is 2.44. The molecule has 0 fully saturated rings. The van der Waals surface area contributed by atoms with E-state index >= 15 is 0 Å². The molecule has 6 heteroatoms. The van der Waals surface area contributed by atoms with Crippen LogP contribution < -0.4 is 5.32 Å². The Kier molecular flexibility index (Phi) is 7.95. The lowest BCUT2D eigenvalue weighted by Gasteiger charge is -2.18. The Balaban J connectivity index is 2.46. The molecule has 0 aliphatic carbocycles. The lowest BCUT2D eigenvalue weighted by Crippen LogP contribution is -2.32. The Bertz CT molecular complexity index is 404. The van der Waals surface area contributed by atoms with E-state index < -0.39 is 18.8 Å². The highest BCUT2D eigenvalue weighted by molar-refractivity contribution is 6.30. The second-order valence-electron chi connectivity index (χ2n) is 4.46. The first-order valence-electron chi connectivity index (χ1n) is 6.56. The third-order valence-electron chi connectivity index (χ3n) is 2.81. The van der Waals surface area contributed by atoms with Gasteiger partial charge in [0.05, 0.1) is 5.02 Å². The van der Waals surface area contributed by atoms with Crippen LogP contribution in [0.4, 0.5) is 13.2 Å². The standard InChI is InChI=1S/C14H19ClF3NO/c1-2-19-11(5-6-20-9-14(17)18)7-10-3-4-13(16)12(15)8-10/h3-4,8,11,14,19H,2,5-7,9H2,1H3. The number of halogens is 4. The fourth-order valence-electron chi connectivity index (χ4n) is 1.91. The Morgan fingerprint density at radius 3 is 2.70 bits per heavy atom. The molecule has 0 saturated carbocycles. The summed E-state index contributed by atoms with van der Waals surface area (Å²) in [6, 6.07) is 4.67. The quantitative estimate of drug-likeness (QED) is 0.703. The summed E-state index contributed by atoms with van der Waals surface area (Å²) in [7, 11) is 0. The van der Waals surface area contributed by atoms with Crippen LogP contribution in [0.2, 0.25) is 5.02 Å². The Labute approximate surface area is 122 Å². The van der Waals surface area contributed by atoms with Crippen LogP contribution in [0, 0.1) is 5.82 Å². The lowest BCUT2D eigenvalue weighted by atomic mass is 10.0. The van der Waals surface area contributed by atoms with Gasteiger partial charge < -0.3 is 10.1 Å². The van der Waals surface area contributed by atoms with Crippen LogP contribution in [0.3, 0.4) is 0 Å². The van der Waals surface area contributed by atoms with Gasteiger partial charge in [-0.1, -0.05) is 24.6 Å². The molecule has 0 aromatic heterocycles. The van der Waals surface area contributed by atoms with E-state index in [1.165, 1.54) is 6.07 Å². The van der Waals surface area contributed by atoms with Crippen molar-refractivity contribution in [3.8, 4) is 0 Å². The van der Waals surface area contributed by atoms with Crippen molar-refractivity contribution in [3.05, 3.63) is 34.6 Å². The number of benzene rings is 1. The van der Waals surface area contributed by atoms with Gasteiger partial charge in [-0.05, 0) is 37.1 Å². The minimum atomic E-state index is -2.44. The average molecular weight is 310 g/mol. The molecule has 0 aliphatic heterocycles. The molecule has 0 heterocycles. The van der Waals surface area contributed by atoms with Crippen molar-refractivity contribution in [2.24, 2.45) is 0 Å². The molecule has 1 N–H and O–H groups in total. The number of likely N-dealkylation sites (N-methyl/N-ethyl adjacent to an activating group) is 1. The van der Waals surface area contributed by atoms with Crippen LogP contribution in [0.1, 0.15) is 18.9 Å². The maximum atomic E-state index is 13.1. The molecule has 20 heavy (non-hydrogen) atoms. The zero-order valence-corrected chi connectivity index (χ0v) is 12.1. The first-order valence-corrected chi connectivity index (χ1v) is 6.94. The molecule has 1 aromatic rings. The minimum Gasteiger partial charge on any atom is -0.375 e. The minimum absolute atomic E-state index is 0.0826. The topological polar surface area (TPSA) is 21.3 Å². The molecule has 1 unspecified atom stereocenters. The van der Waals surface area contributed by atoms with Crippen LogP contribution in [0.25, 0.3) is 0 Å². The normalized spacial score (nSPS) is 12.9. The molecule has 114 valence electrons. The van der Waals surface area contributed by atoms with Crippen molar-refractivity contribution >= 4 is 11.6 Å². The van der Waals surface area contributed by atoms with Crippen molar-refractivity contribution < 1.29 is 17.9 Å². The van der Waals surface area contributed by atoms with E-state index in [4.69, 9.17) is 16.3 Å². The largest absolute Gasteiger partial charge is 0.375 e. The van der Waals surface area contributed by atoms with Gasteiger partial charge in [0.15, 0.2) is 0 Å². The fraction of sp³-hybridized carbons (Fsp3) is 0.571. The number of ether oxygens (including phenoxy) is 1. The van der Waals surface area contributed by atoms with E-state index in [0.717, 1.165) is 12.1 Å². The molecule has 0 bridgehead atoms. The van der Waals surface area contributed by atoms with Crippen LogP contribution in [0.15, 0.2) is 18.2 Å². The van der Waals surface area contributed by atoms with Crippen LogP contribution in [0.5, 0.6) is 0 Å². The third kappa shape index (κ3) is 6.59. The molecular weight excluding hydrogens is 291 g/mol. The zero-order chi connectivity index (χ0) is 15.0. The van der Waals surface area contributed by atoms with Crippen LogP contribution in [-0.2, 0) is 11.2 Å². The van der Waals surface area contributed by atoms with Gasteiger partial charge >= 0.3 is 0 Å². The average Bonchev–Trinajstić information content (AvgIpc) is 2.39. The van der Waals surface area contributed by atoms with Gasteiger partial charge in [-0.2, -0.15) is 0 Å². The van der Waals surface area contributed by atoms with Gasteiger partial charge in [0.2, 0.25) is 0 Å². The molecule has 0 spiro atoms. The highest BCUT2D eigenvalue weighted by atomic mass is 35.5. The van der Waals surface area contributed by atoms with Gasteiger partial charge in [-0.15, -0.1) is 0 Å². The summed E-state index contributed by atoms with van der Waals surface area (Å²) in [5.74, 6) is -0.448. The van der Waals surface area contributed by atoms with Crippen molar-refractivity contribution in [3.63, 3.8) is 0 Å². The van der Waals surface area contributed by atoms with E-state index in [9.17, 15) is 13.2 Å². The van der Waals surface area contributed by atoms with E-state index in [1.54, 1.807) is 12.1 Å². The van der Waals surface area contributed by atoms with Crippen molar-refractivity contribution in [1.82, 2.24) is 5.32 Å². The molecule has 1 rings (SSSR count). The maximum Gasteiger partial charge on any atom is 0.261 e. The van der Waals surface area contributed by atoms with Crippen molar-refractivity contribution in [1.29, 1.82) is 0 Å². The molecular formula is C14H19ClF3NO. The van der Waals surface area contributed by atoms with Gasteiger partial charge in [0, 0.05) is 12.6 Å². The van der Waals surface area contributed by atoms with Gasteiger partial charge in [0.25, 0.3) is 6.43 Å². The summed E-state index contributed by atoms with van der Waals surface area (Å²) < 4.78 is 41.8. The number of hydrogen-bond acceptors (Lipinski definition) is 2. The summed E-state index contributed by atoms with van der Waals surface area (Å²) >= 11 is 5.73. The van der Waals surface area contributed by atoms with E-state index in [-0.39, 0.29) is 17.7 Å². The van der Waals surface area contributed by atoms with E-state index in [1.807, 2.05) is 6.92 Å². The second-order valence-corrected chi connectivity index (χ2v) is 4.87. The zero-order valence-electron chi connectivity index (χ0n) is 11.3. The van der Waals surface area contributed by atoms with Crippen molar-refractivity contribution in [2.45, 2.75) is 32.2 Å². The first kappa shape index (κ1) is 17.3. The number of hydrogen-bond donors (Lipinski definition) is 1. The van der Waals surface area contributed by atoms with E-state index in [2.05, 4.69) is 5.32 Å². The Morgan fingerprint density at radius 2 is 2.10 bits per heavy atom. The Morgan fingerprint density at radius 1 is 1.35 bits per heavy atom. The summed E-state index contributed by atoms with van der Waals surface area (Å²) in [4.78, 5) is 0. The van der Waals surface area contributed by atoms with Gasteiger partial charge in [0.1, 0.15) is 12.4 Å². The lowest BCUT2D eigenvalue weighted by molar-refractivity contribution is 0.0144. The molecule has 0 aliphatic rings. The number of alkyl halides is 2. The first-order chi connectivity index (χ1) is 9.52. The van der Waals surface area contributed by atoms with Crippen LogP contribution in [-0.4, -0.2) is 32.2 Å². The Hall–Kier alpha value is -0.780. The third-order valence-corrected chi connectivity index (χ3v) is 3.10. The fourth-order valence-corrected chi connectivity index (χ4v) is 2.12. The predicted octanol–water partition coefficient (Wildman–Crippen LogP) is 3.67. The monoisotopic (exact) mass is 309 g/mol. The summed E-state index contributed by atoms with van der Waals surface area (Å²) in [6.07, 6.45) is -1.19. The summed E-state index contributed by atoms with van der Waals surface area (Å²) in [5, 5.41) is 3.34. The number of rotatable bonds is 9. The molecule has 2 nitrogen and oxygen atoms in total. The molecule has 0 radical (unpaired) electrons. The van der Waals surface area contributed by atoms with E-state index in [0.29, 0.717) is 12.8 Å². The van der Waals surface area contributed by atoms with Crippen molar-refractivity contribution in [2.75, 3.05) is 19.8 Å². The highest BCUT2D eigenvalue weighted by Gasteiger charge is 2.11. The van der Waals surface area contributed by atoms with Crippen LogP contribution >= 0.6 is 11.6 Å². The maximum absolute atomic E-state index is 13.1. The van der Waals surface area contributed by atoms with Gasteiger partial charge in [-0.3, -0.25) is 0 Å². The molecule has 0 saturated heterocycles. The molecule has 1 aromatic carbocycles.